The molecule has 1 aromatic heterocycles. The Bertz CT molecular complexity index is 788. The van der Waals surface area contributed by atoms with Crippen molar-refractivity contribution < 1.29 is 14.6 Å². The van der Waals surface area contributed by atoms with E-state index in [-0.39, 0.29) is 24.1 Å². The predicted molar refractivity (Wildman–Crippen MR) is 105 cm³/mol. The number of benzene rings is 1. The number of piperidine rings is 1. The van der Waals surface area contributed by atoms with Gasteiger partial charge in [-0.15, -0.1) is 0 Å². The topological polar surface area (TPSA) is 79.6 Å². The minimum absolute atomic E-state index is 0.147. The van der Waals surface area contributed by atoms with E-state index in [1.807, 2.05) is 30.3 Å². The lowest BCUT2D eigenvalue weighted by molar-refractivity contribution is 0.00144. The average molecular weight is 384 g/mol. The first-order valence-corrected chi connectivity index (χ1v) is 10.1. The lowest BCUT2D eigenvalue weighted by Crippen LogP contribution is -2.54. The summed E-state index contributed by atoms with van der Waals surface area (Å²) in [5.41, 5.74) is 0.513. The first-order chi connectivity index (χ1) is 13.6. The van der Waals surface area contributed by atoms with Crippen LogP contribution in [0.3, 0.4) is 0 Å². The Labute approximate surface area is 165 Å². The Morgan fingerprint density at radius 1 is 1.18 bits per heavy atom. The Morgan fingerprint density at radius 3 is 2.61 bits per heavy atom. The minimum Gasteiger partial charge on any atom is -0.488 e. The SMILES string of the molecule is Cn1nccc1C(=O)N[C@@H]1C[C@@H](Oc2ccccc2)[C@H](O)[C@H]1N1CCCCC1. The molecule has 1 saturated carbocycles. The molecule has 0 bridgehead atoms. The Hall–Kier alpha value is -2.38. The number of aromatic nitrogens is 2. The maximum absolute atomic E-state index is 12.8. The number of para-hydroxylation sites is 1. The molecular formula is C21H28N4O3. The summed E-state index contributed by atoms with van der Waals surface area (Å²) >= 11 is 0. The summed E-state index contributed by atoms with van der Waals surface area (Å²) in [4.78, 5) is 15.1. The number of amides is 1. The predicted octanol–water partition coefficient (Wildman–Crippen LogP) is 1.59. The van der Waals surface area contributed by atoms with E-state index in [4.69, 9.17) is 4.74 Å². The van der Waals surface area contributed by atoms with E-state index in [2.05, 4.69) is 15.3 Å². The third-order valence-electron chi connectivity index (χ3n) is 5.84. The molecule has 1 aromatic carbocycles. The van der Waals surface area contributed by atoms with Gasteiger partial charge in [0.1, 0.15) is 23.7 Å². The van der Waals surface area contributed by atoms with Gasteiger partial charge in [-0.05, 0) is 44.1 Å². The molecule has 0 radical (unpaired) electrons. The number of aliphatic hydroxyl groups is 1. The highest BCUT2D eigenvalue weighted by atomic mass is 16.5. The van der Waals surface area contributed by atoms with Crippen LogP contribution in [0.5, 0.6) is 5.75 Å². The fourth-order valence-corrected chi connectivity index (χ4v) is 4.45. The van der Waals surface area contributed by atoms with Crippen molar-refractivity contribution in [1.29, 1.82) is 0 Å². The summed E-state index contributed by atoms with van der Waals surface area (Å²) in [6, 6.07) is 10.9. The molecule has 4 atom stereocenters. The van der Waals surface area contributed by atoms with Gasteiger partial charge >= 0.3 is 0 Å². The molecule has 1 saturated heterocycles. The van der Waals surface area contributed by atoms with E-state index in [9.17, 15) is 9.90 Å². The summed E-state index contributed by atoms with van der Waals surface area (Å²) in [5.74, 6) is 0.571. The van der Waals surface area contributed by atoms with Gasteiger partial charge in [0, 0.05) is 19.7 Å². The second-order valence-corrected chi connectivity index (χ2v) is 7.70. The number of likely N-dealkylation sites (tertiary alicyclic amines) is 1. The highest BCUT2D eigenvalue weighted by Gasteiger charge is 2.47. The molecule has 7 heteroatoms. The molecule has 2 heterocycles. The lowest BCUT2D eigenvalue weighted by atomic mass is 10.0. The van der Waals surface area contributed by atoms with Crippen molar-refractivity contribution in [3.05, 3.63) is 48.3 Å². The zero-order chi connectivity index (χ0) is 19.5. The van der Waals surface area contributed by atoms with Crippen LogP contribution < -0.4 is 10.1 Å². The van der Waals surface area contributed by atoms with Crippen molar-refractivity contribution in [1.82, 2.24) is 20.0 Å². The van der Waals surface area contributed by atoms with E-state index in [1.165, 1.54) is 6.42 Å². The number of ether oxygens (including phenoxy) is 1. The smallest absolute Gasteiger partial charge is 0.269 e. The molecule has 2 aliphatic rings. The van der Waals surface area contributed by atoms with Crippen molar-refractivity contribution in [3.8, 4) is 5.75 Å². The number of nitrogens with zero attached hydrogens (tertiary/aromatic N) is 3. The quantitative estimate of drug-likeness (QED) is 0.818. The Morgan fingerprint density at radius 2 is 1.93 bits per heavy atom. The molecule has 7 nitrogen and oxygen atoms in total. The van der Waals surface area contributed by atoms with Crippen LogP contribution in [0.4, 0.5) is 0 Å². The van der Waals surface area contributed by atoms with Crippen LogP contribution in [0, 0.1) is 0 Å². The molecule has 2 fully saturated rings. The minimum atomic E-state index is -0.657. The molecule has 150 valence electrons. The third kappa shape index (κ3) is 3.91. The van der Waals surface area contributed by atoms with Crippen molar-refractivity contribution >= 4 is 5.91 Å². The number of carbonyl (C=O) groups excluding carboxylic acids is 1. The second-order valence-electron chi connectivity index (χ2n) is 7.70. The number of aryl methyl sites for hydroxylation is 1. The van der Waals surface area contributed by atoms with E-state index >= 15 is 0 Å². The Balaban J connectivity index is 1.52. The molecule has 1 aliphatic heterocycles. The van der Waals surface area contributed by atoms with Gasteiger partial charge in [0.05, 0.1) is 12.1 Å². The first kappa shape index (κ1) is 19.0. The second kappa shape index (κ2) is 8.32. The van der Waals surface area contributed by atoms with Gasteiger partial charge in [-0.25, -0.2) is 0 Å². The van der Waals surface area contributed by atoms with Crippen molar-refractivity contribution in [2.45, 2.75) is 50.0 Å². The van der Waals surface area contributed by atoms with Crippen LogP contribution in [-0.4, -0.2) is 63.1 Å². The summed E-state index contributed by atoms with van der Waals surface area (Å²) in [5, 5.41) is 18.3. The summed E-state index contributed by atoms with van der Waals surface area (Å²) in [6.45, 7) is 1.88. The molecule has 1 aliphatic carbocycles. The van der Waals surface area contributed by atoms with Gasteiger partial charge in [-0.1, -0.05) is 24.6 Å². The van der Waals surface area contributed by atoms with Crippen LogP contribution in [-0.2, 0) is 7.05 Å². The van der Waals surface area contributed by atoms with Crippen molar-refractivity contribution in [3.63, 3.8) is 0 Å². The average Bonchev–Trinajstić information content (AvgIpc) is 3.27. The van der Waals surface area contributed by atoms with Gasteiger partial charge in [0.2, 0.25) is 0 Å². The first-order valence-electron chi connectivity index (χ1n) is 10.1. The maximum atomic E-state index is 12.8. The maximum Gasteiger partial charge on any atom is 0.269 e. The molecule has 0 unspecified atom stereocenters. The molecule has 1 amide bonds. The number of rotatable bonds is 5. The zero-order valence-corrected chi connectivity index (χ0v) is 16.2. The highest BCUT2D eigenvalue weighted by Crippen LogP contribution is 2.31. The van der Waals surface area contributed by atoms with E-state index in [0.717, 1.165) is 31.7 Å². The number of nitrogens with one attached hydrogen (secondary N) is 1. The van der Waals surface area contributed by atoms with Crippen LogP contribution >= 0.6 is 0 Å². The fraction of sp³-hybridized carbons (Fsp3) is 0.524. The molecule has 4 rings (SSSR count). The summed E-state index contributed by atoms with van der Waals surface area (Å²) in [6.07, 6.45) is 4.63. The van der Waals surface area contributed by atoms with E-state index in [0.29, 0.717) is 12.1 Å². The van der Waals surface area contributed by atoms with E-state index < -0.39 is 6.10 Å². The van der Waals surface area contributed by atoms with Crippen LogP contribution in [0.1, 0.15) is 36.2 Å². The normalized spacial score (nSPS) is 28.2. The standard InChI is InChI=1S/C21H28N4O3/c1-24-17(10-11-22-24)21(27)23-16-14-18(28-15-8-4-2-5-9-15)20(26)19(16)25-12-6-3-7-13-25/h2,4-5,8-11,16,18-20,26H,3,6-7,12-14H2,1H3,(H,23,27)/t16-,18-,19+,20+/m1/s1. The van der Waals surface area contributed by atoms with Gasteiger partial charge in [0.25, 0.3) is 5.91 Å². The van der Waals surface area contributed by atoms with Gasteiger partial charge in [-0.2, -0.15) is 5.10 Å². The summed E-state index contributed by atoms with van der Waals surface area (Å²) in [7, 11) is 1.75. The number of aliphatic hydroxyl groups excluding tert-OH is 1. The highest BCUT2D eigenvalue weighted by molar-refractivity contribution is 5.92. The fourth-order valence-electron chi connectivity index (χ4n) is 4.45. The third-order valence-corrected chi connectivity index (χ3v) is 5.84. The van der Waals surface area contributed by atoms with Crippen LogP contribution in [0.25, 0.3) is 0 Å². The number of hydrogen-bond donors (Lipinski definition) is 2. The molecule has 2 N–H and O–H groups in total. The van der Waals surface area contributed by atoms with E-state index in [1.54, 1.807) is 24.0 Å². The molecule has 0 spiro atoms. The van der Waals surface area contributed by atoms with Gasteiger partial charge < -0.3 is 15.2 Å². The zero-order valence-electron chi connectivity index (χ0n) is 16.2. The van der Waals surface area contributed by atoms with Crippen molar-refractivity contribution in [2.75, 3.05) is 13.1 Å². The Kier molecular flexibility index (Phi) is 5.64. The largest absolute Gasteiger partial charge is 0.488 e. The monoisotopic (exact) mass is 384 g/mol. The molecule has 28 heavy (non-hydrogen) atoms. The van der Waals surface area contributed by atoms with Crippen molar-refractivity contribution in [2.24, 2.45) is 7.05 Å². The van der Waals surface area contributed by atoms with Gasteiger partial charge in [0.15, 0.2) is 0 Å². The molecular weight excluding hydrogens is 356 g/mol. The number of hydrogen-bond acceptors (Lipinski definition) is 5. The summed E-state index contributed by atoms with van der Waals surface area (Å²) < 4.78 is 7.65. The van der Waals surface area contributed by atoms with Crippen LogP contribution in [0.2, 0.25) is 0 Å². The lowest BCUT2D eigenvalue weighted by Gasteiger charge is -2.37. The molecule has 2 aromatic rings. The van der Waals surface area contributed by atoms with Crippen LogP contribution in [0.15, 0.2) is 42.6 Å². The van der Waals surface area contributed by atoms with Gasteiger partial charge in [-0.3, -0.25) is 14.4 Å². The number of carbonyl (C=O) groups is 1.